The number of carbonyl (C=O) groups excluding carboxylic acids is 2. The molecule has 1 fully saturated rings. The molecule has 3 N–H and O–H groups in total. The van der Waals surface area contributed by atoms with Crippen LogP contribution in [0.1, 0.15) is 56.2 Å². The third kappa shape index (κ3) is 6.29. The fourth-order valence-electron chi connectivity index (χ4n) is 4.85. The van der Waals surface area contributed by atoms with Crippen molar-refractivity contribution < 1.29 is 27.5 Å². The smallest absolute Gasteiger partial charge is 0.288 e. The van der Waals surface area contributed by atoms with Crippen molar-refractivity contribution in [3.8, 4) is 0 Å². The van der Waals surface area contributed by atoms with E-state index >= 15 is 0 Å². The molecule has 11 nitrogen and oxygen atoms in total. The number of aliphatic hydroxyl groups is 1. The van der Waals surface area contributed by atoms with Crippen molar-refractivity contribution in [1.82, 2.24) is 24.9 Å². The van der Waals surface area contributed by atoms with Gasteiger partial charge < -0.3 is 20.2 Å². The van der Waals surface area contributed by atoms with E-state index in [4.69, 9.17) is 4.42 Å². The summed E-state index contributed by atoms with van der Waals surface area (Å²) in [5.41, 5.74) is 1.63. The average molecular weight is 558 g/mol. The first-order valence-corrected chi connectivity index (χ1v) is 14.5. The zero-order valence-corrected chi connectivity index (χ0v) is 23.3. The largest absolute Gasteiger partial charge is 0.449 e. The van der Waals surface area contributed by atoms with E-state index in [1.807, 2.05) is 13.8 Å². The predicted octanol–water partition coefficient (Wildman–Crippen LogP) is 2.39. The Morgan fingerprint density at radius 2 is 1.90 bits per heavy atom. The number of aromatic nitrogens is 2. The lowest BCUT2D eigenvalue weighted by molar-refractivity contribution is -0.125. The summed E-state index contributed by atoms with van der Waals surface area (Å²) in [4.78, 5) is 34.8. The first kappa shape index (κ1) is 28.7. The van der Waals surface area contributed by atoms with Crippen molar-refractivity contribution in [3.05, 3.63) is 54.0 Å². The molecule has 1 aliphatic heterocycles. The maximum Gasteiger partial charge on any atom is 0.288 e. The summed E-state index contributed by atoms with van der Waals surface area (Å²) in [5.74, 6) is -0.822. The van der Waals surface area contributed by atoms with Gasteiger partial charge in [-0.1, -0.05) is 19.9 Å². The van der Waals surface area contributed by atoms with E-state index in [9.17, 15) is 23.1 Å². The van der Waals surface area contributed by atoms with Crippen molar-refractivity contribution in [3.63, 3.8) is 0 Å². The topological polar surface area (TPSA) is 155 Å². The number of furan rings is 1. The van der Waals surface area contributed by atoms with E-state index in [-0.39, 0.29) is 23.2 Å². The minimum absolute atomic E-state index is 0.0811. The molecule has 3 aromatic heterocycles. The number of pyridine rings is 2. The third-order valence-electron chi connectivity index (χ3n) is 6.97. The molecule has 4 heterocycles. The van der Waals surface area contributed by atoms with Crippen molar-refractivity contribution in [1.29, 1.82) is 0 Å². The minimum atomic E-state index is -3.94. The molecule has 0 bridgehead atoms. The van der Waals surface area contributed by atoms with Crippen LogP contribution in [-0.2, 0) is 14.8 Å². The van der Waals surface area contributed by atoms with Crippen LogP contribution in [0.25, 0.3) is 11.1 Å². The van der Waals surface area contributed by atoms with Gasteiger partial charge in [-0.2, -0.15) is 4.31 Å². The standard InChI is InChI=1S/C27H35N5O6S/c1-16(2)14-20(31-27(35)25-18(4)24-22(38-25)8-7-13-29-24)26(34)30-19-11-10-17(3)32(15-21(19)33)39(36,37)23-9-5-6-12-28-23/h5-9,12-13,16-17,19-21,33H,10-11,14-15H2,1-4H3,(H,30,34)(H,31,35)/t17-,19+,20+,21+/m1/s1. The van der Waals surface area contributed by atoms with Crippen LogP contribution in [0, 0.1) is 12.8 Å². The normalized spacial score (nSPS) is 21.4. The Bertz CT molecular complexity index is 1420. The van der Waals surface area contributed by atoms with Crippen LogP contribution < -0.4 is 10.6 Å². The number of amides is 2. The van der Waals surface area contributed by atoms with E-state index in [1.165, 1.54) is 16.6 Å². The molecule has 1 saturated heterocycles. The molecule has 210 valence electrons. The van der Waals surface area contributed by atoms with E-state index in [1.54, 1.807) is 44.3 Å². The summed E-state index contributed by atoms with van der Waals surface area (Å²) in [6.45, 7) is 7.18. The Balaban J connectivity index is 1.48. The van der Waals surface area contributed by atoms with Gasteiger partial charge in [0.05, 0.1) is 12.1 Å². The number of nitrogens with zero attached hydrogens (tertiary/aromatic N) is 3. The molecule has 0 spiro atoms. The molecule has 4 rings (SSSR count). The number of carbonyl (C=O) groups is 2. The summed E-state index contributed by atoms with van der Waals surface area (Å²) in [5, 5.41) is 16.5. The molecule has 0 aliphatic carbocycles. The molecule has 0 aromatic carbocycles. The molecule has 0 unspecified atom stereocenters. The Morgan fingerprint density at radius 3 is 2.56 bits per heavy atom. The minimum Gasteiger partial charge on any atom is -0.449 e. The van der Waals surface area contributed by atoms with Gasteiger partial charge in [-0.3, -0.25) is 14.6 Å². The van der Waals surface area contributed by atoms with Gasteiger partial charge in [0.15, 0.2) is 16.4 Å². The van der Waals surface area contributed by atoms with Crippen molar-refractivity contribution >= 4 is 32.9 Å². The maximum atomic E-state index is 13.4. The van der Waals surface area contributed by atoms with Crippen molar-refractivity contribution in [2.75, 3.05) is 6.54 Å². The molecule has 1 aliphatic rings. The summed E-state index contributed by atoms with van der Waals surface area (Å²) < 4.78 is 33.4. The second kappa shape index (κ2) is 11.8. The Hall–Kier alpha value is -3.35. The first-order chi connectivity index (χ1) is 18.5. The fraction of sp³-hybridized carbons (Fsp3) is 0.481. The van der Waals surface area contributed by atoms with Crippen LogP contribution in [0.4, 0.5) is 0 Å². The number of hydrogen-bond donors (Lipinski definition) is 3. The van der Waals surface area contributed by atoms with Gasteiger partial charge in [0, 0.05) is 30.5 Å². The monoisotopic (exact) mass is 557 g/mol. The van der Waals surface area contributed by atoms with Gasteiger partial charge >= 0.3 is 0 Å². The summed E-state index contributed by atoms with van der Waals surface area (Å²) >= 11 is 0. The van der Waals surface area contributed by atoms with Crippen LogP contribution in [0.3, 0.4) is 0 Å². The van der Waals surface area contributed by atoms with Crippen LogP contribution in [0.15, 0.2) is 52.2 Å². The third-order valence-corrected chi connectivity index (χ3v) is 8.87. The van der Waals surface area contributed by atoms with Crippen molar-refractivity contribution in [2.45, 2.75) is 76.2 Å². The van der Waals surface area contributed by atoms with Crippen LogP contribution in [-0.4, -0.2) is 70.4 Å². The summed E-state index contributed by atoms with van der Waals surface area (Å²) in [6.07, 6.45) is 3.00. The van der Waals surface area contributed by atoms with Gasteiger partial charge in [0.1, 0.15) is 11.6 Å². The zero-order valence-electron chi connectivity index (χ0n) is 22.5. The lowest BCUT2D eigenvalue weighted by Crippen LogP contribution is -2.54. The van der Waals surface area contributed by atoms with Crippen molar-refractivity contribution in [2.24, 2.45) is 5.92 Å². The molecule has 0 radical (unpaired) electrons. The van der Waals surface area contributed by atoms with Crippen LogP contribution >= 0.6 is 0 Å². The van der Waals surface area contributed by atoms with E-state index in [2.05, 4.69) is 20.6 Å². The summed E-state index contributed by atoms with van der Waals surface area (Å²) in [7, 11) is -3.94. The van der Waals surface area contributed by atoms with Crippen LogP contribution in [0.2, 0.25) is 0 Å². The molecule has 12 heteroatoms. The maximum absolute atomic E-state index is 13.4. The van der Waals surface area contributed by atoms with Gasteiger partial charge in [-0.15, -0.1) is 0 Å². The highest BCUT2D eigenvalue weighted by Gasteiger charge is 2.38. The number of aliphatic hydroxyl groups excluding tert-OH is 1. The second-order valence-electron chi connectivity index (χ2n) is 10.4. The molecule has 0 saturated carbocycles. The predicted molar refractivity (Wildman–Crippen MR) is 144 cm³/mol. The van der Waals surface area contributed by atoms with Gasteiger partial charge in [0.2, 0.25) is 5.91 Å². The van der Waals surface area contributed by atoms with E-state index in [0.717, 1.165) is 0 Å². The zero-order chi connectivity index (χ0) is 28.3. The number of hydrogen-bond acceptors (Lipinski definition) is 8. The van der Waals surface area contributed by atoms with Gasteiger partial charge in [-0.05, 0) is 63.3 Å². The quantitative estimate of drug-likeness (QED) is 0.381. The Kier molecular flexibility index (Phi) is 8.67. The number of aryl methyl sites for hydroxylation is 1. The lowest BCUT2D eigenvalue weighted by Gasteiger charge is -2.28. The molecular weight excluding hydrogens is 522 g/mol. The first-order valence-electron chi connectivity index (χ1n) is 13.0. The van der Waals surface area contributed by atoms with Gasteiger partial charge in [0.25, 0.3) is 15.9 Å². The Morgan fingerprint density at radius 1 is 1.15 bits per heavy atom. The Labute approximate surface area is 228 Å². The highest BCUT2D eigenvalue weighted by Crippen LogP contribution is 2.25. The SMILES string of the molecule is Cc1c(C(=O)N[C@@H](CC(C)C)C(=O)N[C@H]2CC[C@@H](C)N(S(=O)(=O)c3ccccn3)C[C@@H]2O)oc2cccnc12. The molecule has 4 atom stereocenters. The molecular formula is C27H35N5O6S. The number of sulfonamides is 1. The second-order valence-corrected chi connectivity index (χ2v) is 12.3. The highest BCUT2D eigenvalue weighted by atomic mass is 32.2. The highest BCUT2D eigenvalue weighted by molar-refractivity contribution is 7.89. The lowest BCUT2D eigenvalue weighted by atomic mass is 10.0. The number of β-amino-alcohol motifs (C(OH)–C–C–N with tert-alkyl or cyclic N) is 1. The number of fused-ring (bicyclic) bond motifs is 1. The molecule has 2 amide bonds. The van der Waals surface area contributed by atoms with Crippen LogP contribution in [0.5, 0.6) is 0 Å². The number of rotatable bonds is 8. The van der Waals surface area contributed by atoms with E-state index < -0.39 is 46.1 Å². The van der Waals surface area contributed by atoms with Gasteiger partial charge in [-0.25, -0.2) is 13.4 Å². The molecule has 39 heavy (non-hydrogen) atoms. The van der Waals surface area contributed by atoms with E-state index in [0.29, 0.717) is 35.9 Å². The molecule has 3 aromatic rings. The average Bonchev–Trinajstić information content (AvgIpc) is 3.17. The summed E-state index contributed by atoms with van der Waals surface area (Å²) in [6, 6.07) is 6.06. The number of nitrogens with one attached hydrogen (secondary N) is 2. The fourth-order valence-corrected chi connectivity index (χ4v) is 6.46.